The van der Waals surface area contributed by atoms with E-state index in [1.54, 1.807) is 0 Å². The SMILES string of the molecule is O=C(CCCc1ccc2ccccc2c1)N1CCC(C(=O)O)(C(F)(F)F)C1. The molecule has 0 aliphatic carbocycles. The van der Waals surface area contributed by atoms with Crippen molar-refractivity contribution in [2.75, 3.05) is 13.1 Å². The fraction of sp³-hybridized carbons (Fsp3) is 0.400. The van der Waals surface area contributed by atoms with Crippen LogP contribution in [0.2, 0.25) is 0 Å². The molecule has 27 heavy (non-hydrogen) atoms. The largest absolute Gasteiger partial charge is 0.481 e. The Kier molecular flexibility index (Phi) is 5.13. The van der Waals surface area contributed by atoms with E-state index in [1.165, 1.54) is 0 Å². The Morgan fingerprint density at radius 1 is 1.11 bits per heavy atom. The van der Waals surface area contributed by atoms with Crippen LogP contribution < -0.4 is 0 Å². The lowest BCUT2D eigenvalue weighted by Crippen LogP contribution is -2.47. The molecule has 3 rings (SSSR count). The number of carboxylic acid groups (broad SMARTS) is 1. The van der Waals surface area contributed by atoms with E-state index in [2.05, 4.69) is 0 Å². The molecule has 1 unspecified atom stereocenters. The number of halogens is 3. The molecule has 1 amide bonds. The molecule has 0 spiro atoms. The monoisotopic (exact) mass is 379 g/mol. The summed E-state index contributed by atoms with van der Waals surface area (Å²) in [5.74, 6) is -2.34. The lowest BCUT2D eigenvalue weighted by atomic mass is 9.86. The zero-order valence-electron chi connectivity index (χ0n) is 14.6. The molecule has 1 N–H and O–H groups in total. The first-order chi connectivity index (χ1) is 12.7. The van der Waals surface area contributed by atoms with Crippen LogP contribution in [0.25, 0.3) is 10.8 Å². The van der Waals surface area contributed by atoms with Gasteiger partial charge in [-0.2, -0.15) is 13.2 Å². The van der Waals surface area contributed by atoms with Gasteiger partial charge in [-0.1, -0.05) is 42.5 Å². The van der Waals surface area contributed by atoms with Gasteiger partial charge in [0.25, 0.3) is 0 Å². The summed E-state index contributed by atoms with van der Waals surface area (Å²) in [6.07, 6.45) is -4.24. The number of carbonyl (C=O) groups excluding carboxylic acids is 1. The number of benzene rings is 2. The highest BCUT2D eigenvalue weighted by Gasteiger charge is 2.64. The van der Waals surface area contributed by atoms with Crippen LogP contribution in [0.5, 0.6) is 0 Å². The molecule has 7 heteroatoms. The molecule has 0 bridgehead atoms. The predicted molar refractivity (Wildman–Crippen MR) is 94.2 cm³/mol. The minimum atomic E-state index is -4.88. The molecule has 0 saturated carbocycles. The number of rotatable bonds is 5. The van der Waals surface area contributed by atoms with Gasteiger partial charge < -0.3 is 10.0 Å². The van der Waals surface area contributed by atoms with Crippen LogP contribution in [-0.4, -0.2) is 41.1 Å². The highest BCUT2D eigenvalue weighted by Crippen LogP contribution is 2.45. The molecule has 1 saturated heterocycles. The Bertz CT molecular complexity index is 865. The van der Waals surface area contributed by atoms with Crippen LogP contribution in [0.15, 0.2) is 42.5 Å². The summed E-state index contributed by atoms with van der Waals surface area (Å²) in [5, 5.41) is 11.3. The second-order valence-electron chi connectivity index (χ2n) is 6.99. The third-order valence-corrected chi connectivity index (χ3v) is 5.24. The van der Waals surface area contributed by atoms with Gasteiger partial charge in [-0.15, -0.1) is 0 Å². The molecule has 0 radical (unpaired) electrons. The maximum atomic E-state index is 13.2. The van der Waals surface area contributed by atoms with Crippen molar-refractivity contribution in [1.29, 1.82) is 0 Å². The molecular formula is C20H20F3NO3. The molecule has 2 aromatic carbocycles. The molecule has 2 aromatic rings. The third kappa shape index (κ3) is 3.77. The average molecular weight is 379 g/mol. The lowest BCUT2D eigenvalue weighted by Gasteiger charge is -2.27. The van der Waals surface area contributed by atoms with Crippen molar-refractivity contribution in [3.63, 3.8) is 0 Å². The Hall–Kier alpha value is -2.57. The summed E-state index contributed by atoms with van der Waals surface area (Å²) < 4.78 is 39.6. The van der Waals surface area contributed by atoms with Gasteiger partial charge in [-0.3, -0.25) is 9.59 Å². The number of aliphatic carboxylic acids is 1. The molecule has 1 fully saturated rings. The first-order valence-electron chi connectivity index (χ1n) is 8.78. The number of hydrogen-bond acceptors (Lipinski definition) is 2. The van der Waals surface area contributed by atoms with E-state index < -0.39 is 36.4 Å². The number of nitrogens with zero attached hydrogens (tertiary/aromatic N) is 1. The van der Waals surface area contributed by atoms with Crippen molar-refractivity contribution in [2.45, 2.75) is 31.9 Å². The number of fused-ring (bicyclic) bond motifs is 1. The average Bonchev–Trinajstić information content (AvgIpc) is 3.08. The van der Waals surface area contributed by atoms with E-state index in [9.17, 15) is 22.8 Å². The van der Waals surface area contributed by atoms with Crippen molar-refractivity contribution in [1.82, 2.24) is 4.90 Å². The van der Waals surface area contributed by atoms with Gasteiger partial charge in [0.2, 0.25) is 5.91 Å². The number of carbonyl (C=O) groups is 2. The molecule has 144 valence electrons. The summed E-state index contributed by atoms with van der Waals surface area (Å²) in [5.41, 5.74) is -1.79. The minimum Gasteiger partial charge on any atom is -0.481 e. The smallest absolute Gasteiger partial charge is 0.406 e. The van der Waals surface area contributed by atoms with Crippen molar-refractivity contribution in [2.24, 2.45) is 5.41 Å². The van der Waals surface area contributed by atoms with Gasteiger partial charge in [-0.25, -0.2) is 0 Å². The van der Waals surface area contributed by atoms with Gasteiger partial charge in [0.05, 0.1) is 0 Å². The standard InChI is InChI=1S/C20H20F3NO3/c21-20(22,23)19(18(26)27)10-11-24(13-19)17(25)7-3-4-14-8-9-15-5-1-2-6-16(15)12-14/h1-2,5-6,8-9,12H,3-4,7,10-11,13H2,(H,26,27). The summed E-state index contributed by atoms with van der Waals surface area (Å²) in [6, 6.07) is 13.9. The predicted octanol–water partition coefficient (Wildman–Crippen LogP) is 4.03. The first-order valence-corrected chi connectivity index (χ1v) is 8.78. The number of aryl methyl sites for hydroxylation is 1. The van der Waals surface area contributed by atoms with Gasteiger partial charge in [-0.05, 0) is 35.6 Å². The van der Waals surface area contributed by atoms with E-state index in [1.807, 2.05) is 42.5 Å². The number of amides is 1. The number of alkyl halides is 3. The molecule has 1 heterocycles. The summed E-state index contributed by atoms with van der Waals surface area (Å²) in [7, 11) is 0. The lowest BCUT2D eigenvalue weighted by molar-refractivity contribution is -0.227. The minimum absolute atomic E-state index is 0.0976. The van der Waals surface area contributed by atoms with Crippen LogP contribution in [0.3, 0.4) is 0 Å². The molecule has 0 aromatic heterocycles. The van der Waals surface area contributed by atoms with Crippen molar-refractivity contribution in [3.05, 3.63) is 48.0 Å². The topological polar surface area (TPSA) is 57.6 Å². The number of carboxylic acids is 1. The molecule has 1 aliphatic heterocycles. The zero-order chi connectivity index (χ0) is 19.7. The maximum absolute atomic E-state index is 13.2. The normalized spacial score (nSPS) is 20.2. The highest BCUT2D eigenvalue weighted by molar-refractivity contribution is 5.83. The quantitative estimate of drug-likeness (QED) is 0.853. The molecule has 4 nitrogen and oxygen atoms in total. The van der Waals surface area contributed by atoms with Crippen molar-refractivity contribution < 1.29 is 27.9 Å². The Labute approximate surface area is 154 Å². The van der Waals surface area contributed by atoms with E-state index >= 15 is 0 Å². The van der Waals surface area contributed by atoms with Gasteiger partial charge in [0.15, 0.2) is 5.41 Å². The fourth-order valence-electron chi connectivity index (χ4n) is 3.55. The van der Waals surface area contributed by atoms with E-state index in [0.717, 1.165) is 21.2 Å². The van der Waals surface area contributed by atoms with Crippen LogP contribution >= 0.6 is 0 Å². The van der Waals surface area contributed by atoms with E-state index in [0.29, 0.717) is 12.8 Å². The Morgan fingerprint density at radius 3 is 2.44 bits per heavy atom. The molecular weight excluding hydrogens is 359 g/mol. The third-order valence-electron chi connectivity index (χ3n) is 5.24. The van der Waals surface area contributed by atoms with Crippen LogP contribution in [-0.2, 0) is 16.0 Å². The summed E-state index contributed by atoms with van der Waals surface area (Å²) in [6.45, 7) is -0.985. The van der Waals surface area contributed by atoms with E-state index in [-0.39, 0.29) is 13.0 Å². The Balaban J connectivity index is 1.57. The maximum Gasteiger partial charge on any atom is 0.406 e. The summed E-state index contributed by atoms with van der Waals surface area (Å²) in [4.78, 5) is 24.5. The van der Waals surface area contributed by atoms with Crippen LogP contribution in [0.1, 0.15) is 24.8 Å². The van der Waals surface area contributed by atoms with E-state index in [4.69, 9.17) is 5.11 Å². The van der Waals surface area contributed by atoms with Gasteiger partial charge >= 0.3 is 12.1 Å². The number of likely N-dealkylation sites (tertiary alicyclic amines) is 1. The van der Waals surface area contributed by atoms with Crippen LogP contribution in [0, 0.1) is 5.41 Å². The highest BCUT2D eigenvalue weighted by atomic mass is 19.4. The summed E-state index contributed by atoms with van der Waals surface area (Å²) >= 11 is 0. The molecule has 1 aliphatic rings. The zero-order valence-corrected chi connectivity index (χ0v) is 14.6. The second-order valence-corrected chi connectivity index (χ2v) is 6.99. The van der Waals surface area contributed by atoms with Gasteiger partial charge in [0.1, 0.15) is 0 Å². The van der Waals surface area contributed by atoms with Crippen molar-refractivity contribution >= 4 is 22.6 Å². The Morgan fingerprint density at radius 2 is 1.81 bits per heavy atom. The van der Waals surface area contributed by atoms with Crippen molar-refractivity contribution in [3.8, 4) is 0 Å². The molecule has 1 atom stereocenters. The second kappa shape index (κ2) is 7.21. The fourth-order valence-corrected chi connectivity index (χ4v) is 3.55. The first kappa shape index (κ1) is 19.2. The number of hydrogen-bond donors (Lipinski definition) is 1. The van der Waals surface area contributed by atoms with Gasteiger partial charge in [0, 0.05) is 19.5 Å². The van der Waals surface area contributed by atoms with Crippen LogP contribution in [0.4, 0.5) is 13.2 Å².